The highest BCUT2D eigenvalue weighted by Crippen LogP contribution is 2.40. The van der Waals surface area contributed by atoms with E-state index in [-0.39, 0.29) is 34.8 Å². The third kappa shape index (κ3) is 5.05. The van der Waals surface area contributed by atoms with Gasteiger partial charge in [0.05, 0.1) is 22.9 Å². The smallest absolute Gasteiger partial charge is 0.387 e. The molecule has 3 heterocycles. The van der Waals surface area contributed by atoms with Gasteiger partial charge in [0.15, 0.2) is 16.6 Å². The zero-order valence-electron chi connectivity index (χ0n) is 15.8. The van der Waals surface area contributed by atoms with Crippen LogP contribution in [0.2, 0.25) is 0 Å². The molecule has 0 aliphatic heterocycles. The lowest BCUT2D eigenvalue weighted by Gasteiger charge is -2.08. The molecule has 164 valence electrons. The van der Waals surface area contributed by atoms with Gasteiger partial charge in [0, 0.05) is 16.9 Å². The van der Waals surface area contributed by atoms with Crippen molar-refractivity contribution in [3.8, 4) is 0 Å². The van der Waals surface area contributed by atoms with E-state index in [9.17, 15) is 22.8 Å². The van der Waals surface area contributed by atoms with Crippen molar-refractivity contribution in [3.05, 3.63) is 39.5 Å². The SMILES string of the molecule is O=C(CO)NCc1ccc(C(=O)CSc2nc(C(F)(F)F)nc3cc(C4CC4)nn23)s1. The highest BCUT2D eigenvalue weighted by molar-refractivity contribution is 7.99. The molecule has 0 spiro atoms. The van der Waals surface area contributed by atoms with Gasteiger partial charge in [-0.2, -0.15) is 27.8 Å². The molecule has 0 radical (unpaired) electrons. The highest BCUT2D eigenvalue weighted by Gasteiger charge is 2.36. The van der Waals surface area contributed by atoms with Crippen LogP contribution in [0.25, 0.3) is 5.65 Å². The van der Waals surface area contributed by atoms with Gasteiger partial charge in [0.25, 0.3) is 0 Å². The van der Waals surface area contributed by atoms with Crippen LogP contribution in [-0.4, -0.2) is 48.7 Å². The Bertz CT molecular complexity index is 1140. The number of halogens is 3. The number of Topliss-reactive ketones (excluding diaryl/α,β-unsaturated/α-hetero) is 1. The van der Waals surface area contributed by atoms with Gasteiger partial charge in [-0.3, -0.25) is 9.59 Å². The van der Waals surface area contributed by atoms with Crippen LogP contribution >= 0.6 is 23.1 Å². The summed E-state index contributed by atoms with van der Waals surface area (Å²) in [5.74, 6) is -1.99. The summed E-state index contributed by atoms with van der Waals surface area (Å²) in [5.41, 5.74) is 0.729. The van der Waals surface area contributed by atoms with E-state index in [4.69, 9.17) is 5.11 Å². The molecular formula is C18H16F3N5O3S2. The monoisotopic (exact) mass is 471 g/mol. The van der Waals surface area contributed by atoms with Crippen LogP contribution in [0, 0.1) is 0 Å². The number of carbonyl (C=O) groups is 2. The molecule has 1 saturated carbocycles. The minimum Gasteiger partial charge on any atom is -0.387 e. The molecule has 1 fully saturated rings. The summed E-state index contributed by atoms with van der Waals surface area (Å²) >= 11 is 2.02. The number of aliphatic hydroxyl groups is 1. The van der Waals surface area contributed by atoms with E-state index in [2.05, 4.69) is 20.4 Å². The van der Waals surface area contributed by atoms with Gasteiger partial charge in [-0.15, -0.1) is 11.3 Å². The lowest BCUT2D eigenvalue weighted by atomic mass is 10.3. The van der Waals surface area contributed by atoms with E-state index >= 15 is 0 Å². The van der Waals surface area contributed by atoms with Gasteiger partial charge in [-0.05, 0) is 25.0 Å². The Hall–Kier alpha value is -2.51. The van der Waals surface area contributed by atoms with Crippen LogP contribution in [0.15, 0.2) is 23.4 Å². The van der Waals surface area contributed by atoms with Gasteiger partial charge < -0.3 is 10.4 Å². The van der Waals surface area contributed by atoms with E-state index in [0.717, 1.165) is 35.9 Å². The molecule has 8 nitrogen and oxygen atoms in total. The van der Waals surface area contributed by atoms with E-state index < -0.39 is 24.5 Å². The molecule has 1 amide bonds. The predicted octanol–water partition coefficient (Wildman–Crippen LogP) is 2.67. The third-order valence-electron chi connectivity index (χ3n) is 4.43. The first-order valence-corrected chi connectivity index (χ1v) is 11.0. The summed E-state index contributed by atoms with van der Waals surface area (Å²) in [4.78, 5) is 31.9. The Labute approximate surface area is 181 Å². The number of aliphatic hydroxyl groups excluding tert-OH is 1. The number of nitrogens with zero attached hydrogens (tertiary/aromatic N) is 4. The Balaban J connectivity index is 1.51. The average molecular weight is 471 g/mol. The summed E-state index contributed by atoms with van der Waals surface area (Å²) in [6.45, 7) is -0.458. The van der Waals surface area contributed by atoms with Crippen molar-refractivity contribution in [1.82, 2.24) is 24.9 Å². The molecule has 0 unspecified atom stereocenters. The number of nitrogens with one attached hydrogen (secondary N) is 1. The fourth-order valence-corrected chi connectivity index (χ4v) is 4.54. The quantitative estimate of drug-likeness (QED) is 0.384. The fourth-order valence-electron chi connectivity index (χ4n) is 2.75. The van der Waals surface area contributed by atoms with Gasteiger partial charge in [0.2, 0.25) is 11.7 Å². The fraction of sp³-hybridized carbons (Fsp3) is 0.389. The largest absolute Gasteiger partial charge is 0.451 e. The molecule has 31 heavy (non-hydrogen) atoms. The van der Waals surface area contributed by atoms with Crippen molar-refractivity contribution >= 4 is 40.4 Å². The van der Waals surface area contributed by atoms with Gasteiger partial charge in [-0.25, -0.2) is 4.98 Å². The molecule has 3 aromatic rings. The zero-order chi connectivity index (χ0) is 22.2. The zero-order valence-corrected chi connectivity index (χ0v) is 17.5. The number of carbonyl (C=O) groups excluding carboxylic acids is 2. The van der Waals surface area contributed by atoms with Crippen molar-refractivity contribution in [1.29, 1.82) is 0 Å². The molecule has 2 N–H and O–H groups in total. The molecule has 4 rings (SSSR count). The maximum atomic E-state index is 13.2. The molecular weight excluding hydrogens is 455 g/mol. The standard InChI is InChI=1S/C18H16F3N5O3S2/c19-18(20,21)16-23-14-5-11(9-1-2-9)25-26(14)17(24-16)30-8-12(28)13-4-3-10(31-13)6-22-15(29)7-27/h3-5,9,27H,1-2,6-8H2,(H,22,29). The van der Waals surface area contributed by atoms with Gasteiger partial charge in [0.1, 0.15) is 6.61 Å². The van der Waals surface area contributed by atoms with Crippen LogP contribution in [-0.2, 0) is 17.5 Å². The summed E-state index contributed by atoms with van der Waals surface area (Å²) in [6.07, 6.45) is -2.85. The first kappa shape index (κ1) is 21.7. The minimum atomic E-state index is -4.72. The number of amides is 1. The van der Waals surface area contributed by atoms with E-state index in [1.165, 1.54) is 10.6 Å². The normalized spacial score (nSPS) is 14.2. The number of thiophene rings is 1. The maximum Gasteiger partial charge on any atom is 0.451 e. The van der Waals surface area contributed by atoms with E-state index in [0.29, 0.717) is 15.4 Å². The average Bonchev–Trinajstić information content (AvgIpc) is 3.31. The maximum absolute atomic E-state index is 13.2. The van der Waals surface area contributed by atoms with Crippen molar-refractivity contribution in [2.24, 2.45) is 0 Å². The number of alkyl halides is 3. The second-order valence-corrected chi connectivity index (χ2v) is 8.96. The van der Waals surface area contributed by atoms with Crippen molar-refractivity contribution in [3.63, 3.8) is 0 Å². The Morgan fingerprint density at radius 3 is 2.74 bits per heavy atom. The topological polar surface area (TPSA) is 109 Å². The Morgan fingerprint density at radius 2 is 2.06 bits per heavy atom. The molecule has 0 aromatic carbocycles. The Morgan fingerprint density at radius 1 is 1.29 bits per heavy atom. The number of rotatable bonds is 8. The number of aromatic nitrogens is 4. The number of thioether (sulfide) groups is 1. The molecule has 1 aliphatic carbocycles. The lowest BCUT2D eigenvalue weighted by Crippen LogP contribution is -2.25. The summed E-state index contributed by atoms with van der Waals surface area (Å²) in [7, 11) is 0. The van der Waals surface area contributed by atoms with Crippen LogP contribution in [0.4, 0.5) is 13.2 Å². The van der Waals surface area contributed by atoms with Gasteiger partial charge >= 0.3 is 6.18 Å². The second kappa shape index (κ2) is 8.55. The first-order valence-electron chi connectivity index (χ1n) is 9.22. The molecule has 0 saturated heterocycles. The van der Waals surface area contributed by atoms with Crippen LogP contribution in [0.1, 0.15) is 44.8 Å². The summed E-state index contributed by atoms with van der Waals surface area (Å²) in [6, 6.07) is 4.79. The molecule has 0 atom stereocenters. The van der Waals surface area contributed by atoms with Crippen LogP contribution in [0.5, 0.6) is 0 Å². The van der Waals surface area contributed by atoms with E-state index in [1.807, 2.05) is 0 Å². The molecule has 0 bridgehead atoms. The van der Waals surface area contributed by atoms with Crippen LogP contribution in [0.3, 0.4) is 0 Å². The van der Waals surface area contributed by atoms with Gasteiger partial charge in [-0.1, -0.05) is 11.8 Å². The van der Waals surface area contributed by atoms with Crippen molar-refractivity contribution < 1.29 is 27.9 Å². The number of hydrogen-bond acceptors (Lipinski definition) is 8. The van der Waals surface area contributed by atoms with Crippen LogP contribution < -0.4 is 5.32 Å². The number of ketones is 1. The number of hydrogen-bond donors (Lipinski definition) is 2. The lowest BCUT2D eigenvalue weighted by molar-refractivity contribution is -0.145. The first-order chi connectivity index (χ1) is 14.7. The van der Waals surface area contributed by atoms with E-state index in [1.54, 1.807) is 12.1 Å². The molecule has 1 aliphatic rings. The summed E-state index contributed by atoms with van der Waals surface area (Å²) in [5, 5.41) is 15.5. The highest BCUT2D eigenvalue weighted by atomic mass is 32.2. The second-order valence-electron chi connectivity index (χ2n) is 6.85. The summed E-state index contributed by atoms with van der Waals surface area (Å²) < 4.78 is 40.9. The third-order valence-corrected chi connectivity index (χ3v) is 6.49. The Kier molecular flexibility index (Phi) is 5.99. The molecule has 13 heteroatoms. The van der Waals surface area contributed by atoms with Crippen molar-refractivity contribution in [2.75, 3.05) is 12.4 Å². The molecule has 3 aromatic heterocycles. The minimum absolute atomic E-state index is 0.0513. The number of fused-ring (bicyclic) bond motifs is 1. The predicted molar refractivity (Wildman–Crippen MR) is 106 cm³/mol. The van der Waals surface area contributed by atoms with Crippen molar-refractivity contribution in [2.45, 2.75) is 36.6 Å².